The molecule has 17 heavy (non-hydrogen) atoms. The summed E-state index contributed by atoms with van der Waals surface area (Å²) in [5.74, 6) is 0.723. The third kappa shape index (κ3) is 2.51. The maximum Gasteiger partial charge on any atom is 0.0406 e. The van der Waals surface area contributed by atoms with Gasteiger partial charge in [-0.25, -0.2) is 0 Å². The van der Waals surface area contributed by atoms with Crippen LogP contribution in [0.4, 0.5) is 0 Å². The van der Waals surface area contributed by atoms with Crippen molar-refractivity contribution >= 4 is 11.6 Å². The lowest BCUT2D eigenvalue weighted by molar-refractivity contribution is 0.148. The van der Waals surface area contributed by atoms with Gasteiger partial charge in [-0.1, -0.05) is 37.1 Å². The molecule has 1 nitrogen and oxygen atoms in total. The van der Waals surface area contributed by atoms with E-state index in [9.17, 15) is 0 Å². The van der Waals surface area contributed by atoms with E-state index >= 15 is 0 Å². The van der Waals surface area contributed by atoms with Gasteiger partial charge in [-0.2, -0.15) is 0 Å². The number of halogens is 1. The average molecular weight is 252 g/mol. The van der Waals surface area contributed by atoms with E-state index in [4.69, 9.17) is 17.3 Å². The molecule has 0 heterocycles. The van der Waals surface area contributed by atoms with Crippen molar-refractivity contribution in [2.75, 3.05) is 6.54 Å². The number of nitrogens with two attached hydrogens (primary N) is 1. The Kier molecular flexibility index (Phi) is 4.11. The fourth-order valence-electron chi connectivity index (χ4n) is 3.11. The molecule has 1 atom stereocenters. The van der Waals surface area contributed by atoms with Crippen molar-refractivity contribution in [1.29, 1.82) is 0 Å². The summed E-state index contributed by atoms with van der Waals surface area (Å²) < 4.78 is 0. The van der Waals surface area contributed by atoms with Gasteiger partial charge >= 0.3 is 0 Å². The minimum absolute atomic E-state index is 0.403. The molecule has 0 aliphatic heterocycles. The van der Waals surface area contributed by atoms with Crippen molar-refractivity contribution in [3.63, 3.8) is 0 Å². The first kappa shape index (κ1) is 12.9. The van der Waals surface area contributed by atoms with Crippen LogP contribution < -0.4 is 5.73 Å². The van der Waals surface area contributed by atoms with Crippen molar-refractivity contribution in [2.45, 2.75) is 44.4 Å². The quantitative estimate of drug-likeness (QED) is 0.837. The van der Waals surface area contributed by atoms with E-state index < -0.39 is 0 Å². The van der Waals surface area contributed by atoms with Crippen molar-refractivity contribution in [3.8, 4) is 0 Å². The summed E-state index contributed by atoms with van der Waals surface area (Å²) in [6, 6.07) is 8.46. The fourth-order valence-corrected chi connectivity index (χ4v) is 3.23. The second kappa shape index (κ2) is 5.41. The summed E-state index contributed by atoms with van der Waals surface area (Å²) in [7, 11) is 0. The summed E-state index contributed by atoms with van der Waals surface area (Å²) in [5, 5.41) is 0.831. The SMILES string of the molecule is CC(CCCN)C1(c2ccc(Cl)cc2)CCC1. The molecule has 0 spiro atoms. The predicted octanol–water partition coefficient (Wildman–Crippen LogP) is 4.14. The first-order valence-electron chi connectivity index (χ1n) is 6.65. The molecular weight excluding hydrogens is 230 g/mol. The van der Waals surface area contributed by atoms with Gasteiger partial charge < -0.3 is 5.73 Å². The van der Waals surface area contributed by atoms with Gasteiger partial charge in [0.1, 0.15) is 0 Å². The van der Waals surface area contributed by atoms with Crippen molar-refractivity contribution in [1.82, 2.24) is 0 Å². The molecular formula is C15H22ClN. The van der Waals surface area contributed by atoms with Crippen LogP contribution in [0.2, 0.25) is 5.02 Å². The molecule has 94 valence electrons. The zero-order chi connectivity index (χ0) is 12.3. The molecule has 1 saturated carbocycles. The van der Waals surface area contributed by atoms with Crippen LogP contribution in [0.3, 0.4) is 0 Å². The second-order valence-electron chi connectivity index (χ2n) is 5.35. The van der Waals surface area contributed by atoms with Gasteiger partial charge in [-0.15, -0.1) is 0 Å². The summed E-state index contributed by atoms with van der Waals surface area (Å²) in [5.41, 5.74) is 7.49. The van der Waals surface area contributed by atoms with Gasteiger partial charge in [0.15, 0.2) is 0 Å². The summed E-state index contributed by atoms with van der Waals surface area (Å²) in [6.45, 7) is 3.18. The molecule has 2 N–H and O–H groups in total. The maximum atomic E-state index is 5.97. The highest BCUT2D eigenvalue weighted by molar-refractivity contribution is 6.30. The number of benzene rings is 1. The van der Waals surface area contributed by atoms with Gasteiger partial charge in [0, 0.05) is 5.02 Å². The van der Waals surface area contributed by atoms with Gasteiger partial charge in [-0.3, -0.25) is 0 Å². The van der Waals surface area contributed by atoms with E-state index in [0.29, 0.717) is 5.41 Å². The molecule has 0 bridgehead atoms. The van der Waals surface area contributed by atoms with Crippen molar-refractivity contribution in [2.24, 2.45) is 11.7 Å². The Balaban J connectivity index is 2.16. The zero-order valence-corrected chi connectivity index (χ0v) is 11.3. The predicted molar refractivity (Wildman–Crippen MR) is 74.4 cm³/mol. The first-order chi connectivity index (χ1) is 8.19. The van der Waals surface area contributed by atoms with Crippen LogP contribution >= 0.6 is 11.6 Å². The van der Waals surface area contributed by atoms with E-state index in [0.717, 1.165) is 23.9 Å². The molecule has 0 radical (unpaired) electrons. The molecule has 1 aliphatic rings. The van der Waals surface area contributed by atoms with Gasteiger partial charge in [0.05, 0.1) is 0 Å². The fraction of sp³-hybridized carbons (Fsp3) is 0.600. The lowest BCUT2D eigenvalue weighted by Crippen LogP contribution is -2.40. The summed E-state index contributed by atoms with van der Waals surface area (Å²) in [4.78, 5) is 0. The van der Waals surface area contributed by atoms with E-state index in [1.54, 1.807) is 0 Å². The number of hydrogen-bond donors (Lipinski definition) is 1. The van der Waals surface area contributed by atoms with Gasteiger partial charge in [0.2, 0.25) is 0 Å². The standard InChI is InChI=1S/C15H22ClN/c1-12(4-2-11-17)15(9-3-10-15)13-5-7-14(16)8-6-13/h5-8,12H,2-4,9-11,17H2,1H3. The molecule has 1 aromatic rings. The molecule has 0 amide bonds. The Morgan fingerprint density at radius 2 is 1.94 bits per heavy atom. The van der Waals surface area contributed by atoms with E-state index in [-0.39, 0.29) is 0 Å². The molecule has 0 aromatic heterocycles. The van der Waals surface area contributed by atoms with Crippen LogP contribution in [0.25, 0.3) is 0 Å². The topological polar surface area (TPSA) is 26.0 Å². The molecule has 0 saturated heterocycles. The Bertz CT molecular complexity index is 354. The zero-order valence-electron chi connectivity index (χ0n) is 10.6. The van der Waals surface area contributed by atoms with Crippen molar-refractivity contribution < 1.29 is 0 Å². The van der Waals surface area contributed by atoms with Crippen LogP contribution in [-0.2, 0) is 5.41 Å². The highest BCUT2D eigenvalue weighted by Gasteiger charge is 2.42. The lowest BCUT2D eigenvalue weighted by atomic mass is 9.57. The van der Waals surface area contributed by atoms with Crippen LogP contribution in [-0.4, -0.2) is 6.54 Å². The third-order valence-corrected chi connectivity index (χ3v) is 4.70. The largest absolute Gasteiger partial charge is 0.330 e. The number of hydrogen-bond acceptors (Lipinski definition) is 1. The van der Waals surface area contributed by atoms with Crippen LogP contribution in [0, 0.1) is 5.92 Å². The van der Waals surface area contributed by atoms with E-state index in [1.807, 2.05) is 12.1 Å². The minimum atomic E-state index is 0.403. The van der Waals surface area contributed by atoms with E-state index in [1.165, 1.54) is 31.2 Å². The van der Waals surface area contributed by atoms with Crippen LogP contribution in [0.15, 0.2) is 24.3 Å². The molecule has 1 aromatic carbocycles. The Morgan fingerprint density at radius 3 is 2.41 bits per heavy atom. The van der Waals surface area contributed by atoms with Gasteiger partial charge in [0.25, 0.3) is 0 Å². The molecule has 1 fully saturated rings. The Hall–Kier alpha value is -0.530. The van der Waals surface area contributed by atoms with Gasteiger partial charge in [-0.05, 0) is 61.3 Å². The first-order valence-corrected chi connectivity index (χ1v) is 7.03. The summed E-state index contributed by atoms with van der Waals surface area (Å²) >= 11 is 5.97. The summed E-state index contributed by atoms with van der Waals surface area (Å²) in [6.07, 6.45) is 6.37. The number of rotatable bonds is 5. The van der Waals surface area contributed by atoms with E-state index in [2.05, 4.69) is 19.1 Å². The van der Waals surface area contributed by atoms with Crippen molar-refractivity contribution in [3.05, 3.63) is 34.9 Å². The molecule has 2 heteroatoms. The van der Waals surface area contributed by atoms with Crippen LogP contribution in [0.5, 0.6) is 0 Å². The Morgan fingerprint density at radius 1 is 1.29 bits per heavy atom. The smallest absolute Gasteiger partial charge is 0.0406 e. The molecule has 1 unspecified atom stereocenters. The average Bonchev–Trinajstić information content (AvgIpc) is 2.27. The lowest BCUT2D eigenvalue weighted by Gasteiger charge is -2.47. The maximum absolute atomic E-state index is 5.97. The highest BCUT2D eigenvalue weighted by atomic mass is 35.5. The highest BCUT2D eigenvalue weighted by Crippen LogP contribution is 2.50. The molecule has 1 aliphatic carbocycles. The van der Waals surface area contributed by atoms with Crippen LogP contribution in [0.1, 0.15) is 44.6 Å². The monoisotopic (exact) mass is 251 g/mol. The second-order valence-corrected chi connectivity index (χ2v) is 5.78. The molecule has 2 rings (SSSR count). The Labute approximate surface area is 109 Å². The third-order valence-electron chi connectivity index (χ3n) is 4.45. The minimum Gasteiger partial charge on any atom is -0.330 e. The normalized spacial score (nSPS) is 19.7.